The lowest BCUT2D eigenvalue weighted by Gasteiger charge is -2.40. The highest BCUT2D eigenvalue weighted by Crippen LogP contribution is 2.43. The van der Waals surface area contributed by atoms with Crippen molar-refractivity contribution in [3.05, 3.63) is 42.2 Å². The second kappa shape index (κ2) is 6.63. The van der Waals surface area contributed by atoms with Crippen molar-refractivity contribution in [1.82, 2.24) is 24.3 Å². The average molecular weight is 355 g/mol. The second-order valence-corrected chi connectivity index (χ2v) is 7.42. The number of hydrogen-bond acceptors (Lipinski definition) is 3. The lowest BCUT2D eigenvalue weighted by atomic mass is 9.86. The van der Waals surface area contributed by atoms with Gasteiger partial charge < -0.3 is 19.4 Å². The molecule has 0 bridgehead atoms. The number of carbonyl (C=O) groups is 2. The van der Waals surface area contributed by atoms with Gasteiger partial charge in [0.25, 0.3) is 0 Å². The Balaban J connectivity index is 1.57. The fourth-order valence-corrected chi connectivity index (χ4v) is 3.93. The van der Waals surface area contributed by atoms with Gasteiger partial charge in [0.05, 0.1) is 5.92 Å². The first-order valence-corrected chi connectivity index (χ1v) is 9.21. The average Bonchev–Trinajstić information content (AvgIpc) is 3.23. The minimum atomic E-state index is -0.278. The number of imidazole rings is 1. The molecule has 2 aromatic heterocycles. The minimum Gasteiger partial charge on any atom is -0.357 e. The number of aromatic nitrogens is 3. The maximum absolute atomic E-state index is 13.0. The van der Waals surface area contributed by atoms with Crippen molar-refractivity contribution in [2.45, 2.75) is 44.3 Å². The molecule has 0 aromatic carbocycles. The molecule has 7 heteroatoms. The summed E-state index contributed by atoms with van der Waals surface area (Å²) in [5, 5.41) is 3.06. The lowest BCUT2D eigenvalue weighted by Crippen LogP contribution is -2.49. The van der Waals surface area contributed by atoms with E-state index in [1.807, 2.05) is 52.8 Å². The van der Waals surface area contributed by atoms with Crippen LogP contribution in [0.2, 0.25) is 0 Å². The molecular weight excluding hydrogens is 330 g/mol. The van der Waals surface area contributed by atoms with Crippen LogP contribution in [-0.2, 0) is 30.2 Å². The monoisotopic (exact) mass is 355 g/mol. The van der Waals surface area contributed by atoms with E-state index in [1.54, 1.807) is 6.20 Å². The molecule has 1 saturated carbocycles. The summed E-state index contributed by atoms with van der Waals surface area (Å²) in [5.41, 5.74) is 1.07. The first-order chi connectivity index (χ1) is 12.5. The molecule has 138 valence electrons. The van der Waals surface area contributed by atoms with Crippen LogP contribution in [0.15, 0.2) is 30.9 Å². The Morgan fingerprint density at radius 3 is 2.69 bits per heavy atom. The van der Waals surface area contributed by atoms with Gasteiger partial charge in [-0.15, -0.1) is 0 Å². The molecule has 3 heterocycles. The number of amides is 2. The third-order valence-electron chi connectivity index (χ3n) is 5.40. The summed E-state index contributed by atoms with van der Waals surface area (Å²) in [6.45, 7) is 0.501. The van der Waals surface area contributed by atoms with Crippen LogP contribution >= 0.6 is 0 Å². The largest absolute Gasteiger partial charge is 0.357 e. The van der Waals surface area contributed by atoms with E-state index in [0.29, 0.717) is 19.4 Å². The van der Waals surface area contributed by atoms with Crippen LogP contribution < -0.4 is 5.32 Å². The van der Waals surface area contributed by atoms with Crippen molar-refractivity contribution in [3.63, 3.8) is 0 Å². The van der Waals surface area contributed by atoms with E-state index in [-0.39, 0.29) is 29.8 Å². The predicted octanol–water partition coefficient (Wildman–Crippen LogP) is 1.52. The summed E-state index contributed by atoms with van der Waals surface area (Å²) < 4.78 is 3.89. The van der Waals surface area contributed by atoms with E-state index in [9.17, 15) is 9.59 Å². The van der Waals surface area contributed by atoms with Crippen LogP contribution in [0.25, 0.3) is 0 Å². The van der Waals surface area contributed by atoms with Crippen molar-refractivity contribution in [3.8, 4) is 0 Å². The zero-order chi connectivity index (χ0) is 18.3. The van der Waals surface area contributed by atoms with Crippen molar-refractivity contribution in [1.29, 1.82) is 0 Å². The van der Waals surface area contributed by atoms with E-state index >= 15 is 0 Å². The molecule has 2 atom stereocenters. The Bertz CT molecular complexity index is 820. The quantitative estimate of drug-likeness (QED) is 0.884. The normalized spacial score (nSPS) is 23.3. The van der Waals surface area contributed by atoms with Gasteiger partial charge in [0, 0.05) is 57.9 Å². The molecule has 0 radical (unpaired) electrons. The van der Waals surface area contributed by atoms with Crippen LogP contribution in [0.1, 0.15) is 43.1 Å². The van der Waals surface area contributed by atoms with E-state index in [2.05, 4.69) is 10.3 Å². The molecule has 1 N–H and O–H groups in total. The Morgan fingerprint density at radius 2 is 2.08 bits per heavy atom. The molecule has 1 aliphatic carbocycles. The number of hydrogen-bond donors (Lipinski definition) is 1. The molecular formula is C19H25N5O2. The van der Waals surface area contributed by atoms with Crippen LogP contribution in [0.3, 0.4) is 0 Å². The SMILES string of the molecule is Cn1ccc(CNC(=O)[C@H]2CCC(=O)N(C3CC3)[C@@H]2c2nccn2C)c1. The second-order valence-electron chi connectivity index (χ2n) is 7.42. The standard InChI is InChI=1S/C19H25N5O2/c1-22-9-7-13(12-22)11-21-19(26)15-5-6-16(25)24(14-3-4-14)17(15)18-20-8-10-23(18)2/h7-10,12,14-15,17H,3-6,11H2,1-2H3,(H,21,26)/t15-,17-/m0/s1. The Morgan fingerprint density at radius 1 is 1.27 bits per heavy atom. The molecule has 26 heavy (non-hydrogen) atoms. The van der Waals surface area contributed by atoms with E-state index in [0.717, 1.165) is 24.2 Å². The first kappa shape index (κ1) is 16.9. The van der Waals surface area contributed by atoms with Crippen molar-refractivity contribution >= 4 is 11.8 Å². The number of piperidine rings is 1. The molecule has 2 fully saturated rings. The van der Waals surface area contributed by atoms with E-state index in [1.165, 1.54) is 0 Å². The van der Waals surface area contributed by atoms with Gasteiger partial charge in [-0.05, 0) is 30.9 Å². The maximum atomic E-state index is 13.0. The van der Waals surface area contributed by atoms with Gasteiger partial charge in [-0.3, -0.25) is 9.59 Å². The van der Waals surface area contributed by atoms with E-state index < -0.39 is 0 Å². The summed E-state index contributed by atoms with van der Waals surface area (Å²) in [5.74, 6) is 0.676. The minimum absolute atomic E-state index is 0.00000283. The smallest absolute Gasteiger partial charge is 0.225 e. The highest BCUT2D eigenvalue weighted by molar-refractivity contribution is 5.85. The molecule has 0 spiro atoms. The summed E-state index contributed by atoms with van der Waals surface area (Å²) in [6, 6.07) is 1.98. The fourth-order valence-electron chi connectivity index (χ4n) is 3.93. The molecule has 1 aliphatic heterocycles. The number of nitrogens with one attached hydrogen (secondary N) is 1. The Kier molecular flexibility index (Phi) is 4.30. The highest BCUT2D eigenvalue weighted by atomic mass is 16.2. The van der Waals surface area contributed by atoms with E-state index in [4.69, 9.17) is 0 Å². The zero-order valence-electron chi connectivity index (χ0n) is 15.3. The van der Waals surface area contributed by atoms with Gasteiger partial charge in [0.15, 0.2) is 0 Å². The predicted molar refractivity (Wildman–Crippen MR) is 95.8 cm³/mol. The van der Waals surface area contributed by atoms with Crippen molar-refractivity contribution in [2.75, 3.05) is 0 Å². The number of rotatable bonds is 5. The van der Waals surface area contributed by atoms with Gasteiger partial charge >= 0.3 is 0 Å². The lowest BCUT2D eigenvalue weighted by molar-refractivity contribution is -0.144. The topological polar surface area (TPSA) is 72.2 Å². The van der Waals surface area contributed by atoms with Crippen molar-refractivity contribution < 1.29 is 9.59 Å². The Hall–Kier alpha value is -2.57. The van der Waals surface area contributed by atoms with Gasteiger partial charge in [-0.1, -0.05) is 0 Å². The summed E-state index contributed by atoms with van der Waals surface area (Å²) in [6.07, 6.45) is 10.6. The molecule has 2 aromatic rings. The Labute approximate surface area is 153 Å². The van der Waals surface area contributed by atoms with Crippen LogP contribution in [0.5, 0.6) is 0 Å². The summed E-state index contributed by atoms with van der Waals surface area (Å²) in [7, 11) is 3.88. The van der Waals surface area contributed by atoms with Crippen LogP contribution in [0.4, 0.5) is 0 Å². The van der Waals surface area contributed by atoms with Gasteiger partial charge in [-0.25, -0.2) is 4.98 Å². The number of aryl methyl sites for hydroxylation is 2. The maximum Gasteiger partial charge on any atom is 0.225 e. The highest BCUT2D eigenvalue weighted by Gasteiger charge is 2.47. The van der Waals surface area contributed by atoms with Gasteiger partial charge in [-0.2, -0.15) is 0 Å². The molecule has 4 rings (SSSR count). The fraction of sp³-hybridized carbons (Fsp3) is 0.526. The molecule has 1 saturated heterocycles. The van der Waals surface area contributed by atoms with Crippen LogP contribution in [0, 0.1) is 5.92 Å². The molecule has 2 amide bonds. The summed E-state index contributed by atoms with van der Waals surface area (Å²) in [4.78, 5) is 32.0. The third-order valence-corrected chi connectivity index (χ3v) is 5.40. The molecule has 2 aliphatic rings. The number of likely N-dealkylation sites (tertiary alicyclic amines) is 1. The van der Waals surface area contributed by atoms with Crippen LogP contribution in [-0.4, -0.2) is 36.9 Å². The zero-order valence-corrected chi connectivity index (χ0v) is 15.3. The first-order valence-electron chi connectivity index (χ1n) is 9.21. The molecule has 0 unspecified atom stereocenters. The number of carbonyl (C=O) groups excluding carboxylic acids is 2. The number of nitrogens with zero attached hydrogens (tertiary/aromatic N) is 4. The van der Waals surface area contributed by atoms with Gasteiger partial charge in [0.1, 0.15) is 11.9 Å². The van der Waals surface area contributed by atoms with Gasteiger partial charge in [0.2, 0.25) is 11.8 Å². The molecule has 7 nitrogen and oxygen atoms in total. The third kappa shape index (κ3) is 3.13. The summed E-state index contributed by atoms with van der Waals surface area (Å²) >= 11 is 0. The van der Waals surface area contributed by atoms with Crippen molar-refractivity contribution in [2.24, 2.45) is 20.0 Å².